The van der Waals surface area contributed by atoms with Gasteiger partial charge in [0.1, 0.15) is 5.75 Å². The third kappa shape index (κ3) is 6.73. The maximum Gasteiger partial charge on any atom is 0.191 e. The third-order valence-corrected chi connectivity index (χ3v) is 4.54. The van der Waals surface area contributed by atoms with Crippen molar-refractivity contribution < 1.29 is 9.13 Å². The largest absolute Gasteiger partial charge is 0.494 e. The van der Waals surface area contributed by atoms with Crippen molar-refractivity contribution in [2.45, 2.75) is 32.9 Å². The first-order chi connectivity index (χ1) is 13.7. The first-order valence-corrected chi connectivity index (χ1v) is 9.81. The first kappa shape index (κ1) is 23.2. The Morgan fingerprint density at radius 1 is 1.31 bits per heavy atom. The summed E-state index contributed by atoms with van der Waals surface area (Å²) in [7, 11) is 0. The van der Waals surface area contributed by atoms with Crippen LogP contribution in [0.5, 0.6) is 5.75 Å². The van der Waals surface area contributed by atoms with Crippen LogP contribution in [0.25, 0.3) is 0 Å². The van der Waals surface area contributed by atoms with Crippen molar-refractivity contribution >= 4 is 35.8 Å². The van der Waals surface area contributed by atoms with Crippen LogP contribution in [0.3, 0.4) is 0 Å². The molecule has 1 aliphatic rings. The molecule has 6 nitrogen and oxygen atoms in total. The number of nitrogens with one attached hydrogen (secondary N) is 2. The molecule has 29 heavy (non-hydrogen) atoms. The Morgan fingerprint density at radius 2 is 2.17 bits per heavy atom. The zero-order valence-electron chi connectivity index (χ0n) is 16.9. The van der Waals surface area contributed by atoms with E-state index in [4.69, 9.17) is 9.73 Å². The number of rotatable bonds is 7. The lowest BCUT2D eigenvalue weighted by molar-refractivity contribution is 0.340. The number of guanidine groups is 1. The summed E-state index contributed by atoms with van der Waals surface area (Å²) in [6.07, 6.45) is 2.53. The van der Waals surface area contributed by atoms with Crippen LogP contribution in [-0.4, -0.2) is 43.2 Å². The number of anilines is 1. The highest BCUT2D eigenvalue weighted by atomic mass is 127. The molecule has 1 aromatic heterocycles. The molecule has 1 atom stereocenters. The van der Waals surface area contributed by atoms with Crippen LogP contribution < -0.4 is 20.3 Å². The van der Waals surface area contributed by atoms with Crippen LogP contribution in [-0.2, 0) is 6.54 Å². The van der Waals surface area contributed by atoms with Crippen LogP contribution in [0.15, 0.2) is 47.6 Å². The van der Waals surface area contributed by atoms with Crippen LogP contribution in [0, 0.1) is 5.82 Å². The van der Waals surface area contributed by atoms with Gasteiger partial charge in [-0.15, -0.1) is 24.0 Å². The minimum absolute atomic E-state index is 0. The second-order valence-electron chi connectivity index (χ2n) is 6.66. The molecule has 8 heteroatoms. The minimum Gasteiger partial charge on any atom is -0.494 e. The summed E-state index contributed by atoms with van der Waals surface area (Å²) in [6, 6.07) is 11.2. The van der Waals surface area contributed by atoms with Crippen molar-refractivity contribution in [1.29, 1.82) is 0 Å². The standard InChI is InChI=1S/C21H28FN5O.HI/c1-3-23-21(25-14-16-7-5-8-18(13-16)28-4-2)26-17-10-12-27(15-17)20-19(22)9-6-11-24-20;/h5-9,11,13,17H,3-4,10,12,14-15H2,1-2H3,(H2,23,25,26);1H. The molecule has 0 bridgehead atoms. The summed E-state index contributed by atoms with van der Waals surface area (Å²) < 4.78 is 19.5. The Morgan fingerprint density at radius 3 is 2.93 bits per heavy atom. The molecule has 0 spiro atoms. The fourth-order valence-electron chi connectivity index (χ4n) is 3.26. The van der Waals surface area contributed by atoms with Gasteiger partial charge in [-0.05, 0) is 50.1 Å². The molecular weight excluding hydrogens is 484 g/mol. The van der Waals surface area contributed by atoms with Gasteiger partial charge in [0.15, 0.2) is 17.6 Å². The van der Waals surface area contributed by atoms with Crippen molar-refractivity contribution in [2.75, 3.05) is 31.1 Å². The molecule has 2 heterocycles. The maximum absolute atomic E-state index is 14.0. The molecule has 3 rings (SSSR count). The molecule has 2 aromatic rings. The molecule has 0 saturated carbocycles. The zero-order chi connectivity index (χ0) is 19.8. The Labute approximate surface area is 189 Å². The van der Waals surface area contributed by atoms with E-state index in [0.29, 0.717) is 25.5 Å². The number of aromatic nitrogens is 1. The lowest BCUT2D eigenvalue weighted by Crippen LogP contribution is -2.44. The number of hydrogen-bond donors (Lipinski definition) is 2. The maximum atomic E-state index is 14.0. The van der Waals surface area contributed by atoms with E-state index in [1.165, 1.54) is 6.07 Å². The normalized spacial score (nSPS) is 16.3. The van der Waals surface area contributed by atoms with Crippen molar-refractivity contribution in [3.8, 4) is 5.75 Å². The summed E-state index contributed by atoms with van der Waals surface area (Å²) >= 11 is 0. The lowest BCUT2D eigenvalue weighted by Gasteiger charge is -2.20. The second kappa shape index (κ2) is 11.8. The highest BCUT2D eigenvalue weighted by Crippen LogP contribution is 2.20. The number of ether oxygens (including phenoxy) is 1. The Bertz CT molecular complexity index is 804. The molecule has 1 unspecified atom stereocenters. The zero-order valence-corrected chi connectivity index (χ0v) is 19.2. The van der Waals surface area contributed by atoms with Gasteiger partial charge in [0.2, 0.25) is 0 Å². The van der Waals surface area contributed by atoms with Gasteiger partial charge in [0.25, 0.3) is 0 Å². The van der Waals surface area contributed by atoms with Crippen molar-refractivity contribution in [2.24, 2.45) is 4.99 Å². The van der Waals surface area contributed by atoms with Gasteiger partial charge in [0, 0.05) is 31.9 Å². The Hall–Kier alpha value is -2.10. The molecule has 0 amide bonds. The van der Waals surface area contributed by atoms with Crippen LogP contribution in [0.4, 0.5) is 10.2 Å². The molecule has 0 radical (unpaired) electrons. The van der Waals surface area contributed by atoms with E-state index in [2.05, 4.69) is 15.6 Å². The number of hydrogen-bond acceptors (Lipinski definition) is 4. The highest BCUT2D eigenvalue weighted by molar-refractivity contribution is 14.0. The Kier molecular flexibility index (Phi) is 9.43. The molecule has 158 valence electrons. The van der Waals surface area contributed by atoms with E-state index in [9.17, 15) is 4.39 Å². The second-order valence-corrected chi connectivity index (χ2v) is 6.66. The van der Waals surface area contributed by atoms with Crippen LogP contribution in [0.2, 0.25) is 0 Å². The quantitative estimate of drug-likeness (QED) is 0.337. The molecule has 1 saturated heterocycles. The summed E-state index contributed by atoms with van der Waals surface area (Å²) in [5.41, 5.74) is 1.09. The number of pyridine rings is 1. The first-order valence-electron chi connectivity index (χ1n) is 9.81. The Balaban J connectivity index is 0.00000300. The van der Waals surface area contributed by atoms with Gasteiger partial charge in [0.05, 0.1) is 13.2 Å². The van der Waals surface area contributed by atoms with E-state index in [0.717, 1.165) is 36.8 Å². The van der Waals surface area contributed by atoms with Gasteiger partial charge in [-0.2, -0.15) is 0 Å². The SMILES string of the molecule is CCNC(=NCc1cccc(OCC)c1)NC1CCN(c2ncccc2F)C1.I. The predicted molar refractivity (Wildman–Crippen MR) is 126 cm³/mol. The smallest absolute Gasteiger partial charge is 0.191 e. The number of nitrogens with zero attached hydrogens (tertiary/aromatic N) is 3. The van der Waals surface area contributed by atoms with Gasteiger partial charge in [-0.1, -0.05) is 12.1 Å². The summed E-state index contributed by atoms with van der Waals surface area (Å²) in [5, 5.41) is 6.75. The van der Waals surface area contributed by atoms with E-state index >= 15 is 0 Å². The number of aliphatic imine (C=N–C) groups is 1. The summed E-state index contributed by atoms with van der Waals surface area (Å²) in [4.78, 5) is 10.8. The minimum atomic E-state index is -0.280. The fraction of sp³-hybridized carbons (Fsp3) is 0.429. The topological polar surface area (TPSA) is 61.8 Å². The van der Waals surface area contributed by atoms with Crippen LogP contribution in [0.1, 0.15) is 25.8 Å². The average Bonchev–Trinajstić information content (AvgIpc) is 3.15. The molecule has 1 aromatic carbocycles. The average molecular weight is 513 g/mol. The van der Waals surface area contributed by atoms with Gasteiger partial charge in [-0.3, -0.25) is 0 Å². The molecule has 2 N–H and O–H groups in total. The van der Waals surface area contributed by atoms with Gasteiger partial charge in [-0.25, -0.2) is 14.4 Å². The van der Waals surface area contributed by atoms with Crippen molar-refractivity contribution in [3.05, 3.63) is 54.0 Å². The fourth-order valence-corrected chi connectivity index (χ4v) is 3.26. The van der Waals surface area contributed by atoms with Crippen LogP contribution >= 0.6 is 24.0 Å². The van der Waals surface area contributed by atoms with E-state index in [1.807, 2.05) is 43.0 Å². The summed E-state index contributed by atoms with van der Waals surface area (Å²) in [5.74, 6) is 1.76. The number of halogens is 2. The summed E-state index contributed by atoms with van der Waals surface area (Å²) in [6.45, 7) is 7.44. The van der Waals surface area contributed by atoms with Gasteiger partial charge < -0.3 is 20.3 Å². The molecular formula is C21H29FIN5O. The van der Waals surface area contributed by atoms with Crippen molar-refractivity contribution in [1.82, 2.24) is 15.6 Å². The monoisotopic (exact) mass is 513 g/mol. The third-order valence-electron chi connectivity index (χ3n) is 4.54. The van der Waals surface area contributed by atoms with Gasteiger partial charge >= 0.3 is 0 Å². The molecule has 0 aliphatic carbocycles. The van der Waals surface area contributed by atoms with E-state index in [-0.39, 0.29) is 35.8 Å². The van der Waals surface area contributed by atoms with E-state index in [1.54, 1.807) is 12.3 Å². The lowest BCUT2D eigenvalue weighted by atomic mass is 10.2. The predicted octanol–water partition coefficient (Wildman–Crippen LogP) is 3.57. The molecule has 1 aliphatic heterocycles. The highest BCUT2D eigenvalue weighted by Gasteiger charge is 2.25. The van der Waals surface area contributed by atoms with E-state index < -0.39 is 0 Å². The molecule has 1 fully saturated rings. The van der Waals surface area contributed by atoms with Crippen molar-refractivity contribution in [3.63, 3.8) is 0 Å². The number of benzene rings is 1.